The molecule has 54 heavy (non-hydrogen) atoms. The zero-order valence-electron chi connectivity index (χ0n) is 33.8. The van der Waals surface area contributed by atoms with Crippen molar-refractivity contribution in [2.24, 2.45) is 29.4 Å². The van der Waals surface area contributed by atoms with E-state index in [1.165, 1.54) is 0 Å². The Hall–Kier alpha value is -2.40. The second kappa shape index (κ2) is 17.4. The van der Waals surface area contributed by atoms with Crippen molar-refractivity contribution in [1.82, 2.24) is 15.7 Å². The minimum absolute atomic E-state index is 0.0300. The molecule has 0 radical (unpaired) electrons. The van der Waals surface area contributed by atoms with Crippen LogP contribution in [0.25, 0.3) is 0 Å². The van der Waals surface area contributed by atoms with Crippen molar-refractivity contribution >= 4 is 12.1 Å². The molecule has 5 rings (SSSR count). The summed E-state index contributed by atoms with van der Waals surface area (Å²) in [4.78, 5) is 35.5. The lowest BCUT2D eigenvalue weighted by molar-refractivity contribution is -0.299. The van der Waals surface area contributed by atoms with Crippen LogP contribution >= 0.6 is 0 Å². The largest absolute Gasteiger partial charge is 0.459 e. The van der Waals surface area contributed by atoms with E-state index in [2.05, 4.69) is 10.8 Å². The maximum absolute atomic E-state index is 14.2. The highest BCUT2D eigenvalue weighted by molar-refractivity contribution is 5.74. The monoisotopic (exact) mass is 762 g/mol. The second-order valence-corrected chi connectivity index (χ2v) is 17.1. The van der Waals surface area contributed by atoms with Gasteiger partial charge in [-0.15, -0.1) is 0 Å². The molecule has 1 aromatic carbocycles. The van der Waals surface area contributed by atoms with Crippen molar-refractivity contribution in [3.63, 3.8) is 0 Å². The van der Waals surface area contributed by atoms with Gasteiger partial charge < -0.3 is 49.8 Å². The first-order valence-electron chi connectivity index (χ1n) is 19.8. The molecule has 2 bridgehead atoms. The number of alkyl carbamates (subject to hydrolysis) is 1. The van der Waals surface area contributed by atoms with Gasteiger partial charge in [0.1, 0.15) is 23.9 Å². The summed E-state index contributed by atoms with van der Waals surface area (Å²) >= 11 is 0. The summed E-state index contributed by atoms with van der Waals surface area (Å²) in [5, 5.41) is 26.9. The number of hydrogen-bond donors (Lipinski definition) is 5. The number of nitrogens with one attached hydrogen (secondary N) is 2. The molecule has 0 saturated carbocycles. The van der Waals surface area contributed by atoms with E-state index in [1.807, 2.05) is 83.9 Å². The third kappa shape index (κ3) is 9.08. The number of nitrogens with zero attached hydrogens (tertiary/aromatic N) is 1. The number of carbonyl (C=O) groups is 2. The van der Waals surface area contributed by atoms with Gasteiger partial charge >= 0.3 is 12.1 Å². The Morgan fingerprint density at radius 3 is 2.43 bits per heavy atom. The van der Waals surface area contributed by atoms with Gasteiger partial charge in [-0.2, -0.15) is 5.48 Å². The standard InChI is InChI=1S/C40H66N4O10/c1-11-30-40(8)34(41)23(4)32(53-40)21(2)19-39(7,48)35(52-37-31(45)29(44(9)10)17-22(3)49-37)24(5)33(25(6)36(46)50-30)51-38(47)42-20-27-18-28(43-54-27)26-15-13-12-14-16-26/h12-16,21-25,27-35,37,43,45,48H,11,17-20,41H2,1-10H3,(H,42,47)/t21-,22-,23-,24+,25-,27?,28?,29+,30+,31-,32-,33+,34+,35-,37?,39-,40?/m1/s1. The van der Waals surface area contributed by atoms with Crippen LogP contribution in [0.3, 0.4) is 0 Å². The SMILES string of the molecule is CC[C@@H]1OC(=O)[C@H](C)[C@@H](OC(=O)NCC2CC(c3ccccc3)NO2)[C@H](C)[C@@H](OC2O[C@H](C)C[C@H](N(C)C)[C@H]2O)[C@](C)(O)C[C@@H](C)[C@H]2OC1(C)[C@@H](N)[C@@H]2C. The Balaban J connectivity index is 1.45. The van der Waals surface area contributed by atoms with Crippen LogP contribution in [0.1, 0.15) is 92.7 Å². The third-order valence-corrected chi connectivity index (χ3v) is 12.5. The minimum atomic E-state index is -1.59. The van der Waals surface area contributed by atoms with Crippen molar-refractivity contribution in [3.8, 4) is 0 Å². The molecule has 1 aromatic rings. The lowest BCUT2D eigenvalue weighted by Gasteiger charge is -2.47. The third-order valence-electron chi connectivity index (χ3n) is 12.5. The fourth-order valence-electron chi connectivity index (χ4n) is 9.39. The summed E-state index contributed by atoms with van der Waals surface area (Å²) in [6.07, 6.45) is -4.91. The van der Waals surface area contributed by atoms with E-state index in [1.54, 1.807) is 20.8 Å². The molecule has 0 aliphatic carbocycles. The van der Waals surface area contributed by atoms with Crippen LogP contribution in [0, 0.1) is 23.7 Å². The van der Waals surface area contributed by atoms with Crippen LogP contribution in [0.15, 0.2) is 30.3 Å². The fourth-order valence-corrected chi connectivity index (χ4v) is 9.39. The number of amides is 1. The molecule has 4 fully saturated rings. The molecule has 1 amide bonds. The molecule has 14 heteroatoms. The highest BCUT2D eigenvalue weighted by Crippen LogP contribution is 2.45. The van der Waals surface area contributed by atoms with E-state index in [9.17, 15) is 19.8 Å². The quantitative estimate of drug-likeness (QED) is 0.243. The van der Waals surface area contributed by atoms with Gasteiger partial charge in [-0.05, 0) is 79.0 Å². The van der Waals surface area contributed by atoms with Crippen LogP contribution in [0.5, 0.6) is 0 Å². The first kappa shape index (κ1) is 42.7. The number of ether oxygens (including phenoxy) is 5. The summed E-state index contributed by atoms with van der Waals surface area (Å²) in [6, 6.07) is 9.14. The predicted octanol–water partition coefficient (Wildman–Crippen LogP) is 3.43. The highest BCUT2D eigenvalue weighted by Gasteiger charge is 2.57. The Labute approximate surface area is 321 Å². The normalized spacial score (nSPS) is 44.9. The maximum atomic E-state index is 14.2. The van der Waals surface area contributed by atoms with Crippen molar-refractivity contribution in [2.75, 3.05) is 20.6 Å². The second-order valence-electron chi connectivity index (χ2n) is 17.1. The lowest BCUT2D eigenvalue weighted by atomic mass is 9.75. The number of esters is 1. The van der Waals surface area contributed by atoms with Gasteiger partial charge in [0.25, 0.3) is 0 Å². The van der Waals surface area contributed by atoms with E-state index >= 15 is 0 Å². The number of aliphatic hydroxyl groups is 2. The molecule has 4 unspecified atom stereocenters. The number of benzene rings is 1. The first-order valence-corrected chi connectivity index (χ1v) is 19.8. The van der Waals surface area contributed by atoms with Gasteiger partial charge in [-0.25, -0.2) is 4.79 Å². The van der Waals surface area contributed by atoms with Crippen LogP contribution in [0.2, 0.25) is 0 Å². The maximum Gasteiger partial charge on any atom is 0.407 e. The molecule has 6 N–H and O–H groups in total. The lowest BCUT2D eigenvalue weighted by Crippen LogP contribution is -2.59. The van der Waals surface area contributed by atoms with Crippen LogP contribution < -0.4 is 16.5 Å². The van der Waals surface area contributed by atoms with Gasteiger partial charge in [0.2, 0.25) is 0 Å². The topological polar surface area (TPSA) is 183 Å². The van der Waals surface area contributed by atoms with Crippen LogP contribution in [-0.2, 0) is 33.3 Å². The molecule has 0 spiro atoms. The molecular formula is C40H66N4O10. The average molecular weight is 763 g/mol. The van der Waals surface area contributed by atoms with E-state index in [4.69, 9.17) is 34.3 Å². The predicted molar refractivity (Wildman–Crippen MR) is 201 cm³/mol. The molecule has 0 aromatic heterocycles. The number of carbonyl (C=O) groups excluding carboxylic acids is 2. The van der Waals surface area contributed by atoms with E-state index in [-0.39, 0.29) is 55.2 Å². The number of fused-ring (bicyclic) bond motifs is 2. The number of hydrogen-bond acceptors (Lipinski definition) is 13. The summed E-state index contributed by atoms with van der Waals surface area (Å²) < 4.78 is 32.0. The Morgan fingerprint density at radius 2 is 1.78 bits per heavy atom. The van der Waals surface area contributed by atoms with Gasteiger partial charge in [-0.3, -0.25) is 9.63 Å². The zero-order valence-corrected chi connectivity index (χ0v) is 33.8. The summed E-state index contributed by atoms with van der Waals surface area (Å²) in [6.45, 7) is 15.0. The fraction of sp³-hybridized carbons (Fsp3) is 0.800. The van der Waals surface area contributed by atoms with E-state index < -0.39 is 71.8 Å². The summed E-state index contributed by atoms with van der Waals surface area (Å²) in [5.41, 5.74) is 8.37. The molecule has 4 heterocycles. The number of cyclic esters (lactones) is 1. The number of nitrogens with two attached hydrogens (primary N) is 1. The van der Waals surface area contributed by atoms with Crippen LogP contribution in [-0.4, -0.2) is 120 Å². The van der Waals surface area contributed by atoms with Gasteiger partial charge in [0.15, 0.2) is 6.29 Å². The number of hydroxylamine groups is 1. The van der Waals surface area contributed by atoms with Gasteiger partial charge in [-0.1, -0.05) is 58.0 Å². The number of likely N-dealkylation sites (N-methyl/N-ethyl adjacent to an activating group) is 1. The van der Waals surface area contributed by atoms with Crippen molar-refractivity contribution in [1.29, 1.82) is 0 Å². The Kier molecular flexibility index (Phi) is 13.8. The Morgan fingerprint density at radius 1 is 1.09 bits per heavy atom. The molecule has 17 atom stereocenters. The highest BCUT2D eigenvalue weighted by atomic mass is 16.7. The van der Waals surface area contributed by atoms with Gasteiger partial charge in [0, 0.05) is 30.5 Å². The molecular weight excluding hydrogens is 696 g/mol. The first-order chi connectivity index (χ1) is 25.4. The summed E-state index contributed by atoms with van der Waals surface area (Å²) in [5.74, 6) is -2.74. The van der Waals surface area contributed by atoms with Crippen LogP contribution in [0.4, 0.5) is 4.79 Å². The average Bonchev–Trinajstić information content (AvgIpc) is 3.70. The van der Waals surface area contributed by atoms with E-state index in [0.29, 0.717) is 19.3 Å². The zero-order chi connectivity index (χ0) is 39.7. The van der Waals surface area contributed by atoms with Crippen molar-refractivity contribution in [2.45, 2.75) is 159 Å². The van der Waals surface area contributed by atoms with Crippen molar-refractivity contribution in [3.05, 3.63) is 35.9 Å². The van der Waals surface area contributed by atoms with E-state index in [0.717, 1.165) is 5.56 Å². The molecule has 4 aliphatic heterocycles. The van der Waals surface area contributed by atoms with Gasteiger partial charge in [0.05, 0.1) is 42.0 Å². The number of aliphatic hydroxyl groups excluding tert-OH is 1. The molecule has 14 nitrogen and oxygen atoms in total. The smallest absolute Gasteiger partial charge is 0.407 e. The van der Waals surface area contributed by atoms with Crippen molar-refractivity contribution < 1.29 is 48.3 Å². The molecule has 306 valence electrons. The summed E-state index contributed by atoms with van der Waals surface area (Å²) in [7, 11) is 3.77. The molecule has 4 aliphatic rings. The minimum Gasteiger partial charge on any atom is -0.459 e. The molecule has 4 saturated heterocycles. The Bertz CT molecular complexity index is 1400. The number of rotatable bonds is 8.